The number of para-hydroxylation sites is 1. The predicted octanol–water partition coefficient (Wildman–Crippen LogP) is 3.12. The largest absolute Gasteiger partial charge is 0.489 e. The van der Waals surface area contributed by atoms with Crippen molar-refractivity contribution >= 4 is 11.8 Å². The van der Waals surface area contributed by atoms with Gasteiger partial charge in [0.25, 0.3) is 5.91 Å². The fourth-order valence-corrected chi connectivity index (χ4v) is 4.32. The molecule has 1 fully saturated rings. The second kappa shape index (κ2) is 9.30. The van der Waals surface area contributed by atoms with E-state index in [0.717, 1.165) is 25.7 Å². The van der Waals surface area contributed by atoms with Gasteiger partial charge in [-0.05, 0) is 36.1 Å². The Labute approximate surface area is 177 Å². The van der Waals surface area contributed by atoms with Gasteiger partial charge in [0.1, 0.15) is 18.5 Å². The number of amides is 2. The quantitative estimate of drug-likeness (QED) is 0.798. The third-order valence-corrected chi connectivity index (χ3v) is 5.93. The summed E-state index contributed by atoms with van der Waals surface area (Å²) >= 11 is 0. The molecule has 0 saturated carbocycles. The molecule has 1 atom stereocenters. The molecular weight excluding hydrogens is 380 g/mol. The zero-order valence-corrected chi connectivity index (χ0v) is 17.3. The minimum atomic E-state index is -0.111. The van der Waals surface area contributed by atoms with Gasteiger partial charge >= 0.3 is 0 Å². The summed E-state index contributed by atoms with van der Waals surface area (Å²) < 4.78 is 11.1. The van der Waals surface area contributed by atoms with Crippen molar-refractivity contribution in [3.63, 3.8) is 0 Å². The zero-order chi connectivity index (χ0) is 20.9. The number of benzene rings is 2. The highest BCUT2D eigenvalue weighted by atomic mass is 16.5. The molecule has 6 nitrogen and oxygen atoms in total. The second-order valence-electron chi connectivity index (χ2n) is 7.89. The number of carbonyl (C=O) groups is 2. The van der Waals surface area contributed by atoms with Crippen LogP contribution in [0, 0.1) is 0 Å². The third-order valence-electron chi connectivity index (χ3n) is 5.93. The Bertz CT molecular complexity index is 906. The molecule has 30 heavy (non-hydrogen) atoms. The average molecular weight is 408 g/mol. The predicted molar refractivity (Wildman–Crippen MR) is 114 cm³/mol. The molecule has 1 N–H and O–H groups in total. The van der Waals surface area contributed by atoms with E-state index in [1.807, 2.05) is 36.4 Å². The first-order valence-corrected chi connectivity index (χ1v) is 10.6. The van der Waals surface area contributed by atoms with Gasteiger partial charge in [-0.25, -0.2) is 0 Å². The Morgan fingerprint density at radius 2 is 1.77 bits per heavy atom. The molecule has 0 unspecified atom stereocenters. The molecular formula is C24H28N2O4. The molecule has 2 aromatic rings. The van der Waals surface area contributed by atoms with Gasteiger partial charge in [-0.1, -0.05) is 36.4 Å². The maximum atomic E-state index is 13.0. The van der Waals surface area contributed by atoms with E-state index < -0.39 is 0 Å². The number of piperidine rings is 1. The lowest BCUT2D eigenvalue weighted by Gasteiger charge is -2.32. The fraction of sp³-hybridized carbons (Fsp3) is 0.417. The number of nitrogens with one attached hydrogen (secondary N) is 1. The van der Waals surface area contributed by atoms with Crippen LogP contribution in [-0.2, 0) is 16.0 Å². The van der Waals surface area contributed by atoms with Crippen LogP contribution in [0.25, 0.3) is 0 Å². The Hall–Kier alpha value is -2.86. The van der Waals surface area contributed by atoms with Crippen molar-refractivity contribution in [2.45, 2.75) is 37.8 Å². The van der Waals surface area contributed by atoms with Gasteiger partial charge in [-0.15, -0.1) is 0 Å². The highest BCUT2D eigenvalue weighted by molar-refractivity contribution is 5.97. The Morgan fingerprint density at radius 1 is 1.03 bits per heavy atom. The summed E-state index contributed by atoms with van der Waals surface area (Å²) in [6.45, 7) is 1.39. The van der Waals surface area contributed by atoms with E-state index in [-0.39, 0.29) is 30.6 Å². The highest BCUT2D eigenvalue weighted by Crippen LogP contribution is 2.31. The van der Waals surface area contributed by atoms with Gasteiger partial charge in [-0.3, -0.25) is 9.59 Å². The van der Waals surface area contributed by atoms with Crippen molar-refractivity contribution in [2.75, 3.05) is 26.8 Å². The summed E-state index contributed by atoms with van der Waals surface area (Å²) in [6.07, 6.45) is 3.36. The van der Waals surface area contributed by atoms with E-state index in [4.69, 9.17) is 9.47 Å². The lowest BCUT2D eigenvalue weighted by molar-refractivity contribution is -0.136. The monoisotopic (exact) mass is 408 g/mol. The second-order valence-corrected chi connectivity index (χ2v) is 7.89. The summed E-state index contributed by atoms with van der Waals surface area (Å²) in [7, 11) is 1.53. The molecule has 1 heterocycles. The lowest BCUT2D eigenvalue weighted by Crippen LogP contribution is -2.43. The van der Waals surface area contributed by atoms with E-state index >= 15 is 0 Å². The van der Waals surface area contributed by atoms with Crippen LogP contribution in [0.2, 0.25) is 0 Å². The van der Waals surface area contributed by atoms with Crippen molar-refractivity contribution in [1.82, 2.24) is 10.2 Å². The lowest BCUT2D eigenvalue weighted by atomic mass is 10.1. The maximum absolute atomic E-state index is 13.0. The van der Waals surface area contributed by atoms with E-state index in [1.54, 1.807) is 4.90 Å². The molecule has 1 aliphatic heterocycles. The first kappa shape index (κ1) is 20.4. The van der Waals surface area contributed by atoms with E-state index in [2.05, 4.69) is 17.4 Å². The highest BCUT2D eigenvalue weighted by Gasteiger charge is 2.27. The minimum absolute atomic E-state index is 0.00701. The zero-order valence-electron chi connectivity index (χ0n) is 17.3. The first-order valence-electron chi connectivity index (χ1n) is 10.6. The molecule has 0 radical (unpaired) electrons. The van der Waals surface area contributed by atoms with Crippen LogP contribution in [0.15, 0.2) is 48.5 Å². The van der Waals surface area contributed by atoms with Gasteiger partial charge in [0.05, 0.1) is 11.6 Å². The first-order chi connectivity index (χ1) is 14.7. The van der Waals surface area contributed by atoms with Crippen LogP contribution in [-0.4, -0.2) is 49.6 Å². The summed E-state index contributed by atoms with van der Waals surface area (Å²) in [5.41, 5.74) is 3.07. The topological polar surface area (TPSA) is 67.9 Å². The molecule has 4 rings (SSSR count). The van der Waals surface area contributed by atoms with Crippen LogP contribution < -0.4 is 10.1 Å². The van der Waals surface area contributed by atoms with Crippen molar-refractivity contribution < 1.29 is 19.1 Å². The Morgan fingerprint density at radius 3 is 2.57 bits per heavy atom. The van der Waals surface area contributed by atoms with Gasteiger partial charge in [0.2, 0.25) is 5.91 Å². The molecule has 0 spiro atoms. The number of likely N-dealkylation sites (tertiary alicyclic amines) is 1. The number of nitrogens with zero attached hydrogens (tertiary/aromatic N) is 1. The molecule has 6 heteroatoms. The van der Waals surface area contributed by atoms with Gasteiger partial charge in [0.15, 0.2) is 0 Å². The maximum Gasteiger partial charge on any atom is 0.255 e. The number of fused-ring (bicyclic) bond motifs is 1. The number of hydrogen-bond acceptors (Lipinski definition) is 4. The number of aryl methyl sites for hydroxylation is 1. The number of ether oxygens (including phenoxy) is 2. The van der Waals surface area contributed by atoms with Crippen LogP contribution in [0.1, 0.15) is 46.8 Å². The van der Waals surface area contributed by atoms with E-state index in [0.29, 0.717) is 24.4 Å². The van der Waals surface area contributed by atoms with Crippen LogP contribution in [0.3, 0.4) is 0 Å². The molecule has 0 bridgehead atoms. The summed E-state index contributed by atoms with van der Waals surface area (Å²) in [6, 6.07) is 15.7. The third kappa shape index (κ3) is 4.49. The summed E-state index contributed by atoms with van der Waals surface area (Å²) in [5, 5.41) is 3.18. The molecule has 1 aliphatic carbocycles. The minimum Gasteiger partial charge on any atom is -0.489 e. The molecule has 1 saturated heterocycles. The number of carbonyl (C=O) groups excluding carboxylic acids is 2. The van der Waals surface area contributed by atoms with Crippen LogP contribution >= 0.6 is 0 Å². The number of rotatable bonds is 6. The Kier molecular flexibility index (Phi) is 6.33. The van der Waals surface area contributed by atoms with Gasteiger partial charge in [-0.2, -0.15) is 0 Å². The van der Waals surface area contributed by atoms with Gasteiger partial charge < -0.3 is 19.7 Å². The van der Waals surface area contributed by atoms with E-state index in [1.165, 1.54) is 18.2 Å². The van der Waals surface area contributed by atoms with Crippen molar-refractivity contribution in [2.24, 2.45) is 0 Å². The fourth-order valence-electron chi connectivity index (χ4n) is 4.32. The smallest absolute Gasteiger partial charge is 0.255 e. The standard InChI is InChI=1S/C24H28N2O4/c1-29-16-23(27)26-14-12-18(13-15-26)30-22-9-5-4-8-20(22)24(28)25-21-11-10-17-6-2-3-7-19(17)21/h2-9,18,21H,10-16H2,1H3,(H,25,28)/t21-/m0/s1. The number of hydrogen-bond donors (Lipinski definition) is 1. The molecule has 0 aromatic heterocycles. The normalized spacial score (nSPS) is 18.7. The molecule has 2 aliphatic rings. The van der Waals surface area contributed by atoms with Crippen LogP contribution in [0.5, 0.6) is 5.75 Å². The SMILES string of the molecule is COCC(=O)N1CCC(Oc2ccccc2C(=O)N[C@H]2CCc3ccccc32)CC1. The summed E-state index contributed by atoms with van der Waals surface area (Å²) in [4.78, 5) is 26.8. The van der Waals surface area contributed by atoms with E-state index in [9.17, 15) is 9.59 Å². The van der Waals surface area contributed by atoms with Gasteiger partial charge in [0, 0.05) is 33.0 Å². The molecule has 2 amide bonds. The van der Waals surface area contributed by atoms with Crippen molar-refractivity contribution in [3.05, 3.63) is 65.2 Å². The molecule has 158 valence electrons. The van der Waals surface area contributed by atoms with Crippen molar-refractivity contribution in [3.8, 4) is 5.75 Å². The Balaban J connectivity index is 1.39. The number of methoxy groups -OCH3 is 1. The average Bonchev–Trinajstić information content (AvgIpc) is 3.17. The summed E-state index contributed by atoms with van der Waals surface area (Å²) in [5.74, 6) is 0.496. The van der Waals surface area contributed by atoms with Crippen LogP contribution in [0.4, 0.5) is 0 Å². The molecule has 2 aromatic carbocycles. The van der Waals surface area contributed by atoms with Crippen molar-refractivity contribution in [1.29, 1.82) is 0 Å².